The Bertz CT molecular complexity index is 853. The van der Waals surface area contributed by atoms with Gasteiger partial charge in [-0.15, -0.1) is 0 Å². The molecule has 4 rings (SSSR count). The van der Waals surface area contributed by atoms with E-state index in [1.54, 1.807) is 0 Å². The van der Waals surface area contributed by atoms with Crippen LogP contribution in [0.5, 0.6) is 0 Å². The summed E-state index contributed by atoms with van der Waals surface area (Å²) in [5.41, 5.74) is 4.83. The fourth-order valence-corrected chi connectivity index (χ4v) is 2.78. The van der Waals surface area contributed by atoms with Crippen molar-refractivity contribution in [3.8, 4) is 0 Å². The number of pyridine rings is 2. The predicted octanol–water partition coefficient (Wildman–Crippen LogP) is 4.92. The van der Waals surface area contributed by atoms with Crippen LogP contribution in [0, 0.1) is 0 Å². The molecule has 4 nitrogen and oxygen atoms in total. The summed E-state index contributed by atoms with van der Waals surface area (Å²) < 4.78 is 4.04. The average molecular weight is 320 g/mol. The van der Waals surface area contributed by atoms with Crippen molar-refractivity contribution in [2.75, 3.05) is 0 Å². The van der Waals surface area contributed by atoms with Crippen LogP contribution in [0.2, 0.25) is 0 Å². The van der Waals surface area contributed by atoms with Gasteiger partial charge in [-0.3, -0.25) is 0 Å². The highest BCUT2D eigenvalue weighted by Gasteiger charge is 2.06. The Morgan fingerprint density at radius 3 is 2.33 bits per heavy atom. The van der Waals surface area contributed by atoms with Crippen molar-refractivity contribution in [1.29, 1.82) is 0 Å². The summed E-state index contributed by atoms with van der Waals surface area (Å²) in [4.78, 5) is 4.30. The number of rotatable bonds is 2. The molecule has 4 heterocycles. The van der Waals surface area contributed by atoms with Gasteiger partial charge in [0.1, 0.15) is 5.65 Å². The Hall–Kier alpha value is -2.62. The second kappa shape index (κ2) is 6.87. The van der Waals surface area contributed by atoms with Crippen LogP contribution >= 0.6 is 0 Å². The van der Waals surface area contributed by atoms with E-state index < -0.39 is 0 Å². The highest BCUT2D eigenvalue weighted by atomic mass is 15.2. The van der Waals surface area contributed by atoms with Crippen LogP contribution < -0.4 is 0 Å². The second-order valence-corrected chi connectivity index (χ2v) is 6.55. The topological polar surface area (TPSA) is 34.6 Å². The Balaban J connectivity index is 0.000000141. The van der Waals surface area contributed by atoms with Crippen LogP contribution in [0.15, 0.2) is 61.2 Å². The van der Waals surface area contributed by atoms with Crippen molar-refractivity contribution in [3.63, 3.8) is 0 Å². The van der Waals surface area contributed by atoms with Crippen LogP contribution in [0.4, 0.5) is 0 Å². The normalized spacial score (nSPS) is 11.2. The Labute approximate surface area is 142 Å². The lowest BCUT2D eigenvalue weighted by molar-refractivity contribution is 0.809. The van der Waals surface area contributed by atoms with E-state index in [1.165, 1.54) is 16.8 Å². The molecule has 0 aliphatic carbocycles. The van der Waals surface area contributed by atoms with E-state index in [0.29, 0.717) is 11.8 Å². The van der Waals surface area contributed by atoms with Gasteiger partial charge in [-0.2, -0.15) is 5.10 Å². The summed E-state index contributed by atoms with van der Waals surface area (Å²) in [6.45, 7) is 8.72. The quantitative estimate of drug-likeness (QED) is 0.525. The highest BCUT2D eigenvalue weighted by molar-refractivity contribution is 5.54. The molecule has 124 valence electrons. The molecule has 0 atom stereocenters. The second-order valence-electron chi connectivity index (χ2n) is 6.55. The molecule has 0 saturated heterocycles. The van der Waals surface area contributed by atoms with Crippen LogP contribution in [0.3, 0.4) is 0 Å². The fraction of sp³-hybridized carbons (Fsp3) is 0.300. The van der Waals surface area contributed by atoms with Crippen molar-refractivity contribution >= 4 is 11.2 Å². The van der Waals surface area contributed by atoms with Gasteiger partial charge in [0, 0.05) is 29.8 Å². The van der Waals surface area contributed by atoms with Gasteiger partial charge in [0.15, 0.2) is 0 Å². The molecule has 0 radical (unpaired) electrons. The molecule has 0 aliphatic rings. The summed E-state index contributed by atoms with van der Waals surface area (Å²) in [6, 6.07) is 12.2. The summed E-state index contributed by atoms with van der Waals surface area (Å²) in [5, 5.41) is 4.26. The molecule has 0 bridgehead atoms. The van der Waals surface area contributed by atoms with E-state index in [2.05, 4.69) is 54.4 Å². The van der Waals surface area contributed by atoms with Crippen LogP contribution in [0.1, 0.15) is 50.8 Å². The summed E-state index contributed by atoms with van der Waals surface area (Å²) in [7, 11) is 0. The number of hydrogen-bond donors (Lipinski definition) is 0. The molecule has 0 amide bonds. The third kappa shape index (κ3) is 3.18. The highest BCUT2D eigenvalue weighted by Crippen LogP contribution is 2.19. The Kier molecular flexibility index (Phi) is 4.65. The Morgan fingerprint density at radius 2 is 1.58 bits per heavy atom. The summed E-state index contributed by atoms with van der Waals surface area (Å²) in [6.07, 6.45) is 7.92. The monoisotopic (exact) mass is 320 g/mol. The van der Waals surface area contributed by atoms with Crippen molar-refractivity contribution in [1.82, 2.24) is 19.0 Å². The van der Waals surface area contributed by atoms with Crippen LogP contribution in [0.25, 0.3) is 11.2 Å². The van der Waals surface area contributed by atoms with Crippen LogP contribution in [-0.2, 0) is 0 Å². The Morgan fingerprint density at radius 1 is 0.833 bits per heavy atom. The van der Waals surface area contributed by atoms with Gasteiger partial charge in [0.05, 0.1) is 11.7 Å². The third-order valence-electron chi connectivity index (χ3n) is 4.12. The predicted molar refractivity (Wildman–Crippen MR) is 98.6 cm³/mol. The first kappa shape index (κ1) is 16.2. The molecule has 0 saturated carbocycles. The first-order valence-electron chi connectivity index (χ1n) is 8.42. The molecule has 24 heavy (non-hydrogen) atoms. The van der Waals surface area contributed by atoms with Gasteiger partial charge in [0.2, 0.25) is 0 Å². The number of fused-ring (bicyclic) bond motifs is 2. The molecule has 0 aliphatic heterocycles. The van der Waals surface area contributed by atoms with Gasteiger partial charge in [-0.05, 0) is 36.1 Å². The minimum Gasteiger partial charge on any atom is -0.304 e. The lowest BCUT2D eigenvalue weighted by atomic mass is 10.1. The van der Waals surface area contributed by atoms with Crippen molar-refractivity contribution in [2.45, 2.75) is 39.5 Å². The van der Waals surface area contributed by atoms with Gasteiger partial charge < -0.3 is 4.40 Å². The van der Waals surface area contributed by atoms with Gasteiger partial charge in [0.25, 0.3) is 0 Å². The zero-order valence-electron chi connectivity index (χ0n) is 14.7. The molecule has 0 spiro atoms. The number of aromatic nitrogens is 4. The van der Waals surface area contributed by atoms with E-state index in [4.69, 9.17) is 0 Å². The van der Waals surface area contributed by atoms with Crippen molar-refractivity contribution in [3.05, 3.63) is 72.4 Å². The summed E-state index contributed by atoms with van der Waals surface area (Å²) in [5.74, 6) is 1.08. The van der Waals surface area contributed by atoms with E-state index in [0.717, 1.165) is 5.65 Å². The smallest absolute Gasteiger partial charge is 0.136 e. The molecule has 0 fully saturated rings. The lowest BCUT2D eigenvalue weighted by Gasteiger charge is -2.03. The first-order chi connectivity index (χ1) is 11.6. The largest absolute Gasteiger partial charge is 0.304 e. The number of nitrogens with zero attached hydrogens (tertiary/aromatic N) is 4. The van der Waals surface area contributed by atoms with Crippen LogP contribution in [-0.4, -0.2) is 19.0 Å². The molecular formula is C20H24N4. The third-order valence-corrected chi connectivity index (χ3v) is 4.12. The standard InChI is InChI=1S/2C10H12N2/c1-8(2)9-7-11-10-5-3-4-6-12(9)10;1-8(2)9-7-11-12-6-4-3-5-10(9)12/h2*3-8H,1-2H3. The summed E-state index contributed by atoms with van der Waals surface area (Å²) >= 11 is 0. The first-order valence-corrected chi connectivity index (χ1v) is 8.42. The van der Waals surface area contributed by atoms with Crippen molar-refractivity contribution in [2.24, 2.45) is 0 Å². The lowest BCUT2D eigenvalue weighted by Crippen LogP contribution is -1.93. The van der Waals surface area contributed by atoms with Gasteiger partial charge in [-0.1, -0.05) is 39.8 Å². The molecule has 0 aromatic carbocycles. The minimum atomic E-state index is 0.530. The van der Waals surface area contributed by atoms with Gasteiger partial charge >= 0.3 is 0 Å². The SMILES string of the molecule is CC(C)c1cnc2ccccn12.CC(C)c1cnn2ccccc12. The zero-order valence-corrected chi connectivity index (χ0v) is 14.7. The molecule has 0 N–H and O–H groups in total. The molecule has 4 heteroatoms. The maximum Gasteiger partial charge on any atom is 0.136 e. The van der Waals surface area contributed by atoms with E-state index in [1.807, 2.05) is 53.4 Å². The number of hydrogen-bond acceptors (Lipinski definition) is 2. The average Bonchev–Trinajstić information content (AvgIpc) is 3.19. The fourth-order valence-electron chi connectivity index (χ4n) is 2.78. The number of imidazole rings is 1. The molecule has 4 aromatic rings. The van der Waals surface area contributed by atoms with E-state index >= 15 is 0 Å². The maximum absolute atomic E-state index is 4.30. The molecule has 4 aromatic heterocycles. The van der Waals surface area contributed by atoms with Gasteiger partial charge in [-0.25, -0.2) is 9.50 Å². The van der Waals surface area contributed by atoms with E-state index in [9.17, 15) is 0 Å². The minimum absolute atomic E-state index is 0.530. The molecule has 0 unspecified atom stereocenters. The van der Waals surface area contributed by atoms with Crippen molar-refractivity contribution < 1.29 is 0 Å². The maximum atomic E-state index is 4.30. The van der Waals surface area contributed by atoms with E-state index in [-0.39, 0.29) is 0 Å². The molecular weight excluding hydrogens is 296 g/mol. The zero-order chi connectivity index (χ0) is 17.1.